The second-order valence-electron chi connectivity index (χ2n) is 8.13. The summed E-state index contributed by atoms with van der Waals surface area (Å²) in [5.74, 6) is 0. The Morgan fingerprint density at radius 1 is 1.06 bits per heavy atom. The summed E-state index contributed by atoms with van der Waals surface area (Å²) in [6.45, 7) is 1.08. The van der Waals surface area contributed by atoms with Crippen molar-refractivity contribution in [2.45, 2.75) is 30.9 Å². The molecule has 2 aliphatic rings. The van der Waals surface area contributed by atoms with Gasteiger partial charge in [-0.1, -0.05) is 35.9 Å². The van der Waals surface area contributed by atoms with E-state index in [0.29, 0.717) is 52.2 Å². The summed E-state index contributed by atoms with van der Waals surface area (Å²) < 4.78 is 55.8. The predicted octanol–water partition coefficient (Wildman–Crippen LogP) is 4.62. The van der Waals surface area contributed by atoms with Crippen molar-refractivity contribution < 1.29 is 27.4 Å². The van der Waals surface area contributed by atoms with Crippen LogP contribution in [0.15, 0.2) is 36.4 Å². The van der Waals surface area contributed by atoms with Gasteiger partial charge in [0.15, 0.2) is 11.8 Å². The molecule has 12 heteroatoms. The van der Waals surface area contributed by atoms with Crippen LogP contribution in [0.25, 0.3) is 33.7 Å². The van der Waals surface area contributed by atoms with Gasteiger partial charge in [0, 0.05) is 17.7 Å². The highest BCUT2D eigenvalue weighted by Crippen LogP contribution is 2.34. The maximum atomic E-state index is 12.8. The van der Waals surface area contributed by atoms with Gasteiger partial charge in [0.25, 0.3) is 6.01 Å². The number of nitrogens with one attached hydrogen (secondary N) is 2. The molecule has 34 heavy (non-hydrogen) atoms. The number of nitrogens with zero attached hydrogens (tertiary/aromatic N) is 3. The van der Waals surface area contributed by atoms with Gasteiger partial charge in [-0.05, 0) is 18.6 Å². The Bertz CT molecular complexity index is 1350. The molecule has 0 aliphatic carbocycles. The number of ether oxygens (including phenoxy) is 3. The van der Waals surface area contributed by atoms with Crippen molar-refractivity contribution in [3.05, 3.63) is 47.1 Å². The lowest BCUT2D eigenvalue weighted by Gasteiger charge is -2.15. The van der Waals surface area contributed by atoms with E-state index in [1.54, 1.807) is 30.3 Å². The highest BCUT2D eigenvalue weighted by Gasteiger charge is 2.43. The number of halogens is 4. The van der Waals surface area contributed by atoms with Crippen LogP contribution in [0, 0.1) is 0 Å². The van der Waals surface area contributed by atoms with Crippen molar-refractivity contribution in [2.75, 3.05) is 13.2 Å². The fourth-order valence-corrected chi connectivity index (χ4v) is 4.50. The third-order valence-electron chi connectivity index (χ3n) is 5.93. The lowest BCUT2D eigenvalue weighted by molar-refractivity contribution is -0.141. The molecular formula is C22H17ClF3N5O3. The lowest BCUT2D eigenvalue weighted by atomic mass is 10.1. The van der Waals surface area contributed by atoms with E-state index in [9.17, 15) is 13.2 Å². The number of hydrogen-bond acceptors (Lipinski definition) is 6. The molecule has 4 aromatic rings. The Kier molecular flexibility index (Phi) is 5.01. The average Bonchev–Trinajstić information content (AvgIpc) is 3.58. The van der Waals surface area contributed by atoms with E-state index in [1.165, 1.54) is 0 Å². The first-order valence-corrected chi connectivity index (χ1v) is 10.9. The molecule has 3 atom stereocenters. The Morgan fingerprint density at radius 2 is 1.85 bits per heavy atom. The van der Waals surface area contributed by atoms with Crippen LogP contribution in [0.2, 0.25) is 5.02 Å². The number of alkyl halides is 3. The largest absolute Gasteiger partial charge is 0.456 e. The van der Waals surface area contributed by atoms with E-state index in [2.05, 4.69) is 20.1 Å². The fraction of sp³-hybridized carbons (Fsp3) is 0.318. The number of hydrogen-bond donors (Lipinski definition) is 2. The molecular weight excluding hydrogens is 475 g/mol. The third kappa shape index (κ3) is 3.79. The van der Waals surface area contributed by atoms with Gasteiger partial charge >= 0.3 is 6.18 Å². The lowest BCUT2D eigenvalue weighted by Crippen LogP contribution is -2.32. The van der Waals surface area contributed by atoms with E-state index in [-0.39, 0.29) is 24.0 Å². The highest BCUT2D eigenvalue weighted by molar-refractivity contribution is 6.33. The zero-order valence-electron chi connectivity index (χ0n) is 17.4. The molecule has 0 bridgehead atoms. The molecule has 1 aromatic carbocycles. The first-order chi connectivity index (χ1) is 16.3. The molecule has 5 heterocycles. The summed E-state index contributed by atoms with van der Waals surface area (Å²) in [6, 6.07) is 9.72. The molecule has 2 unspecified atom stereocenters. The molecule has 2 saturated heterocycles. The van der Waals surface area contributed by atoms with Crippen LogP contribution in [-0.2, 0) is 15.7 Å². The topological polar surface area (TPSA) is 97.9 Å². The number of aromatic amines is 2. The van der Waals surface area contributed by atoms with Crippen LogP contribution in [0.4, 0.5) is 13.2 Å². The van der Waals surface area contributed by atoms with Gasteiger partial charge in [-0.15, -0.1) is 0 Å². The zero-order valence-corrected chi connectivity index (χ0v) is 18.2. The number of pyridine rings is 1. The van der Waals surface area contributed by atoms with Crippen molar-refractivity contribution >= 4 is 22.8 Å². The standard InChI is InChI=1S/C22H17ClF3N5O3/c23-12-7-14-20(29-21(27-14)34-16-9-33-15-5-6-32-19(15)16)28-18(12)11-3-1-10(2-4-11)13-8-17(31-30-13)22(24,25)26/h1-4,7-8,15-16,19H,5-6,9H2,(H,30,31)(H,27,28,29)/t15-,16?,19?/m1/s1. The summed E-state index contributed by atoms with van der Waals surface area (Å²) in [4.78, 5) is 12.1. The van der Waals surface area contributed by atoms with Gasteiger partial charge in [0.1, 0.15) is 11.8 Å². The number of fused-ring (bicyclic) bond motifs is 2. The van der Waals surface area contributed by atoms with Crippen molar-refractivity contribution in [1.29, 1.82) is 0 Å². The maximum Gasteiger partial charge on any atom is 0.432 e. The summed E-state index contributed by atoms with van der Waals surface area (Å²) in [6.07, 6.45) is -3.94. The number of aromatic nitrogens is 5. The molecule has 0 radical (unpaired) electrons. The van der Waals surface area contributed by atoms with E-state index in [1.807, 2.05) is 5.10 Å². The Morgan fingerprint density at radius 3 is 2.62 bits per heavy atom. The van der Waals surface area contributed by atoms with Gasteiger partial charge in [-0.25, -0.2) is 4.98 Å². The average molecular weight is 492 g/mol. The van der Waals surface area contributed by atoms with E-state index in [4.69, 9.17) is 25.8 Å². The number of rotatable bonds is 4. The minimum atomic E-state index is -4.49. The van der Waals surface area contributed by atoms with Crippen molar-refractivity contribution in [3.63, 3.8) is 0 Å². The smallest absolute Gasteiger partial charge is 0.432 e. The molecule has 2 aliphatic heterocycles. The molecule has 2 N–H and O–H groups in total. The van der Waals surface area contributed by atoms with Crippen LogP contribution in [0.3, 0.4) is 0 Å². The van der Waals surface area contributed by atoms with Crippen LogP contribution in [0.1, 0.15) is 12.1 Å². The van der Waals surface area contributed by atoms with Crippen LogP contribution < -0.4 is 4.74 Å². The maximum absolute atomic E-state index is 12.8. The van der Waals surface area contributed by atoms with Crippen molar-refractivity contribution in [1.82, 2.24) is 25.1 Å². The second kappa shape index (κ2) is 7.97. The quantitative estimate of drug-likeness (QED) is 0.432. The minimum absolute atomic E-state index is 0.0537. The SMILES string of the molecule is FC(F)(F)c1cc(-c2ccc(-c3nc4nc(OC5CO[C@@H]6CCOC56)[nH]c4cc3Cl)cc2)n[nH]1. The predicted molar refractivity (Wildman–Crippen MR) is 115 cm³/mol. The summed E-state index contributed by atoms with van der Waals surface area (Å²) in [5.41, 5.74) is 2.00. The Labute approximate surface area is 195 Å². The second-order valence-corrected chi connectivity index (χ2v) is 8.53. The first kappa shape index (κ1) is 21.4. The minimum Gasteiger partial charge on any atom is -0.456 e. The van der Waals surface area contributed by atoms with E-state index >= 15 is 0 Å². The molecule has 176 valence electrons. The first-order valence-electron chi connectivity index (χ1n) is 10.5. The van der Waals surface area contributed by atoms with Gasteiger partial charge in [-0.2, -0.15) is 23.3 Å². The third-order valence-corrected chi connectivity index (χ3v) is 6.21. The zero-order chi connectivity index (χ0) is 23.4. The Hall–Kier alpha value is -3.15. The molecule has 0 amide bonds. The number of imidazole rings is 1. The number of H-pyrrole nitrogens is 2. The van der Waals surface area contributed by atoms with Crippen molar-refractivity contribution in [3.8, 4) is 28.5 Å². The fourth-order valence-electron chi connectivity index (χ4n) is 4.24. The van der Waals surface area contributed by atoms with Gasteiger partial charge in [0.05, 0.1) is 34.6 Å². The van der Waals surface area contributed by atoms with Gasteiger partial charge in [0.2, 0.25) is 0 Å². The Balaban J connectivity index is 1.25. The molecule has 0 spiro atoms. The van der Waals surface area contributed by atoms with Crippen LogP contribution in [0.5, 0.6) is 6.01 Å². The molecule has 2 fully saturated rings. The van der Waals surface area contributed by atoms with Gasteiger partial charge < -0.3 is 19.2 Å². The summed E-state index contributed by atoms with van der Waals surface area (Å²) in [7, 11) is 0. The number of benzene rings is 1. The summed E-state index contributed by atoms with van der Waals surface area (Å²) >= 11 is 6.47. The molecule has 3 aromatic heterocycles. The molecule has 0 saturated carbocycles. The van der Waals surface area contributed by atoms with Crippen LogP contribution >= 0.6 is 11.6 Å². The van der Waals surface area contributed by atoms with Crippen molar-refractivity contribution in [2.24, 2.45) is 0 Å². The van der Waals surface area contributed by atoms with E-state index in [0.717, 1.165) is 12.5 Å². The van der Waals surface area contributed by atoms with Crippen LogP contribution in [-0.4, -0.2) is 56.7 Å². The molecule has 8 nitrogen and oxygen atoms in total. The molecule has 6 rings (SSSR count). The van der Waals surface area contributed by atoms with E-state index < -0.39 is 11.9 Å². The monoisotopic (exact) mass is 491 g/mol. The summed E-state index contributed by atoms with van der Waals surface area (Å²) in [5, 5.41) is 6.15. The highest BCUT2D eigenvalue weighted by atomic mass is 35.5. The van der Waals surface area contributed by atoms with Gasteiger partial charge in [-0.3, -0.25) is 5.10 Å². The normalized spacial score (nSPS) is 22.4.